The van der Waals surface area contributed by atoms with Crippen molar-refractivity contribution in [3.63, 3.8) is 0 Å². The van der Waals surface area contributed by atoms with Crippen LogP contribution in [0.4, 0.5) is 0 Å². The van der Waals surface area contributed by atoms with Gasteiger partial charge in [-0.1, -0.05) is 64.5 Å². The molecular weight excluding hydrogens is 296 g/mol. The number of hydrogen-bond donors (Lipinski definition) is 0. The molecule has 94 valence electrons. The Labute approximate surface area is 121 Å². The standard InChI is InChI=1S/C18H15Br/c19-18-11-17-13-6-2-1-5-12(13)9-10-15(17)14-7-3-4-8-16(14)18/h3-10,18H,1-2,11H2. The fourth-order valence-corrected chi connectivity index (χ4v) is 4.07. The van der Waals surface area contributed by atoms with E-state index in [1.807, 2.05) is 0 Å². The molecule has 0 aliphatic heterocycles. The first-order chi connectivity index (χ1) is 9.34. The van der Waals surface area contributed by atoms with E-state index in [-0.39, 0.29) is 0 Å². The zero-order chi connectivity index (χ0) is 12.8. The molecule has 0 bridgehead atoms. The lowest BCUT2D eigenvalue weighted by Gasteiger charge is -2.25. The minimum atomic E-state index is 0.443. The molecule has 1 heteroatoms. The Kier molecular flexibility index (Phi) is 2.63. The van der Waals surface area contributed by atoms with Crippen LogP contribution in [-0.4, -0.2) is 0 Å². The minimum Gasteiger partial charge on any atom is -0.0835 e. The fraction of sp³-hybridized carbons (Fsp3) is 0.222. The molecular formula is C18H15Br. The third-order valence-corrected chi connectivity index (χ3v) is 5.06. The van der Waals surface area contributed by atoms with Gasteiger partial charge < -0.3 is 0 Å². The second-order valence-corrected chi connectivity index (χ2v) is 6.44. The van der Waals surface area contributed by atoms with E-state index in [0.717, 1.165) is 6.42 Å². The molecule has 2 aliphatic carbocycles. The van der Waals surface area contributed by atoms with Gasteiger partial charge in [-0.15, -0.1) is 0 Å². The largest absolute Gasteiger partial charge is 0.0835 e. The molecule has 0 heterocycles. The molecule has 0 aromatic heterocycles. The van der Waals surface area contributed by atoms with E-state index >= 15 is 0 Å². The number of fused-ring (bicyclic) bond motifs is 5. The molecule has 2 aromatic rings. The van der Waals surface area contributed by atoms with Crippen molar-refractivity contribution in [3.8, 4) is 11.1 Å². The first kappa shape index (κ1) is 11.5. The van der Waals surface area contributed by atoms with Gasteiger partial charge in [-0.05, 0) is 52.0 Å². The Balaban J connectivity index is 2.09. The van der Waals surface area contributed by atoms with Crippen molar-refractivity contribution in [1.82, 2.24) is 0 Å². The van der Waals surface area contributed by atoms with Gasteiger partial charge in [0.25, 0.3) is 0 Å². The van der Waals surface area contributed by atoms with Gasteiger partial charge in [0, 0.05) is 4.83 Å². The average molecular weight is 311 g/mol. The molecule has 0 radical (unpaired) electrons. The lowest BCUT2D eigenvalue weighted by Crippen LogP contribution is -2.32. The number of hydrogen-bond acceptors (Lipinski definition) is 0. The highest BCUT2D eigenvalue weighted by atomic mass is 79.9. The van der Waals surface area contributed by atoms with Gasteiger partial charge in [-0.25, -0.2) is 0 Å². The Morgan fingerprint density at radius 1 is 0.895 bits per heavy atom. The molecule has 0 fully saturated rings. The normalized spacial score (nSPS) is 19.5. The van der Waals surface area contributed by atoms with Crippen molar-refractivity contribution in [2.24, 2.45) is 0 Å². The second kappa shape index (κ2) is 4.35. The number of benzene rings is 2. The lowest BCUT2D eigenvalue weighted by molar-refractivity contribution is 0.917. The smallest absolute Gasteiger partial charge is 0.0442 e. The second-order valence-electron chi connectivity index (χ2n) is 5.34. The molecule has 0 N–H and O–H groups in total. The summed E-state index contributed by atoms with van der Waals surface area (Å²) < 4.78 is 0. The molecule has 0 spiro atoms. The molecule has 4 rings (SSSR count). The van der Waals surface area contributed by atoms with Crippen molar-refractivity contribution in [1.29, 1.82) is 0 Å². The van der Waals surface area contributed by atoms with Crippen LogP contribution in [0.1, 0.15) is 28.8 Å². The van der Waals surface area contributed by atoms with Crippen LogP contribution >= 0.6 is 15.9 Å². The molecule has 0 saturated heterocycles. The summed E-state index contributed by atoms with van der Waals surface area (Å²) in [5.41, 5.74) is 5.77. The molecule has 2 aliphatic rings. The average Bonchev–Trinajstić information content (AvgIpc) is 2.47. The summed E-state index contributed by atoms with van der Waals surface area (Å²) in [6.07, 6.45) is 8.25. The third-order valence-electron chi connectivity index (χ3n) is 4.24. The van der Waals surface area contributed by atoms with Crippen LogP contribution in [0, 0.1) is 0 Å². The fourth-order valence-electron chi connectivity index (χ4n) is 3.35. The van der Waals surface area contributed by atoms with E-state index in [2.05, 4.69) is 64.5 Å². The Morgan fingerprint density at radius 2 is 1.74 bits per heavy atom. The quantitative estimate of drug-likeness (QED) is 0.651. The highest BCUT2D eigenvalue weighted by Gasteiger charge is 2.23. The van der Waals surface area contributed by atoms with Crippen LogP contribution in [0.25, 0.3) is 23.3 Å². The molecule has 0 nitrogen and oxygen atoms in total. The van der Waals surface area contributed by atoms with Crippen molar-refractivity contribution in [3.05, 3.63) is 58.0 Å². The maximum atomic E-state index is 3.86. The van der Waals surface area contributed by atoms with Crippen LogP contribution in [0.3, 0.4) is 0 Å². The summed E-state index contributed by atoms with van der Waals surface area (Å²) in [6, 6.07) is 13.4. The summed E-state index contributed by atoms with van der Waals surface area (Å²) >= 11 is 3.86. The first-order valence-electron chi connectivity index (χ1n) is 6.90. The molecule has 2 aromatic carbocycles. The SMILES string of the molecule is BrC1Cc2c(ccc3c2=CCCC=3)-c2ccccc21. The van der Waals surface area contributed by atoms with E-state index in [9.17, 15) is 0 Å². The van der Waals surface area contributed by atoms with Gasteiger partial charge in [0.2, 0.25) is 0 Å². The van der Waals surface area contributed by atoms with E-state index in [1.54, 1.807) is 0 Å². The van der Waals surface area contributed by atoms with Gasteiger partial charge >= 0.3 is 0 Å². The first-order valence-corrected chi connectivity index (χ1v) is 7.82. The topological polar surface area (TPSA) is 0 Å². The Bertz CT molecular complexity index is 771. The zero-order valence-corrected chi connectivity index (χ0v) is 12.3. The van der Waals surface area contributed by atoms with Crippen molar-refractivity contribution in [2.75, 3.05) is 0 Å². The number of halogens is 1. The molecule has 0 amide bonds. The molecule has 1 unspecified atom stereocenters. The predicted octanol–water partition coefficient (Wildman–Crippen LogP) is 3.70. The third kappa shape index (κ3) is 1.72. The van der Waals surface area contributed by atoms with Crippen LogP contribution in [0.2, 0.25) is 0 Å². The minimum absolute atomic E-state index is 0.443. The molecule has 0 saturated carbocycles. The van der Waals surface area contributed by atoms with E-state index in [1.165, 1.54) is 45.5 Å². The van der Waals surface area contributed by atoms with Gasteiger partial charge in [-0.3, -0.25) is 0 Å². The zero-order valence-electron chi connectivity index (χ0n) is 10.7. The van der Waals surface area contributed by atoms with E-state index in [4.69, 9.17) is 0 Å². The van der Waals surface area contributed by atoms with Crippen LogP contribution in [0.5, 0.6) is 0 Å². The van der Waals surface area contributed by atoms with Gasteiger partial charge in [0.1, 0.15) is 0 Å². The molecule has 19 heavy (non-hydrogen) atoms. The Morgan fingerprint density at radius 3 is 2.68 bits per heavy atom. The summed E-state index contributed by atoms with van der Waals surface area (Å²) in [5, 5.41) is 2.90. The monoisotopic (exact) mass is 310 g/mol. The van der Waals surface area contributed by atoms with E-state index < -0.39 is 0 Å². The maximum Gasteiger partial charge on any atom is 0.0442 e. The summed E-state index contributed by atoms with van der Waals surface area (Å²) in [5.74, 6) is 0. The maximum absolute atomic E-state index is 3.86. The summed E-state index contributed by atoms with van der Waals surface area (Å²) in [4.78, 5) is 0.443. The number of alkyl halides is 1. The highest BCUT2D eigenvalue weighted by molar-refractivity contribution is 9.09. The van der Waals surface area contributed by atoms with Gasteiger partial charge in [0.05, 0.1) is 0 Å². The Hall–Kier alpha value is -1.34. The lowest BCUT2D eigenvalue weighted by atomic mass is 9.83. The van der Waals surface area contributed by atoms with Crippen LogP contribution in [-0.2, 0) is 6.42 Å². The van der Waals surface area contributed by atoms with Crippen molar-refractivity contribution in [2.45, 2.75) is 24.1 Å². The molecule has 1 atom stereocenters. The van der Waals surface area contributed by atoms with Crippen LogP contribution < -0.4 is 10.4 Å². The van der Waals surface area contributed by atoms with E-state index in [0.29, 0.717) is 4.83 Å². The van der Waals surface area contributed by atoms with Gasteiger partial charge in [-0.2, -0.15) is 0 Å². The number of rotatable bonds is 0. The van der Waals surface area contributed by atoms with Crippen molar-refractivity contribution >= 4 is 28.1 Å². The predicted molar refractivity (Wildman–Crippen MR) is 84.7 cm³/mol. The van der Waals surface area contributed by atoms with Crippen LogP contribution in [0.15, 0.2) is 36.4 Å². The summed E-state index contributed by atoms with van der Waals surface area (Å²) in [6.45, 7) is 0. The van der Waals surface area contributed by atoms with Crippen molar-refractivity contribution < 1.29 is 0 Å². The van der Waals surface area contributed by atoms with Gasteiger partial charge in [0.15, 0.2) is 0 Å². The highest BCUT2D eigenvalue weighted by Crippen LogP contribution is 2.40. The summed E-state index contributed by atoms with van der Waals surface area (Å²) in [7, 11) is 0.